The Labute approximate surface area is 144 Å². The van der Waals surface area contributed by atoms with Crippen molar-refractivity contribution < 1.29 is 9.59 Å². The summed E-state index contributed by atoms with van der Waals surface area (Å²) in [5, 5.41) is 3.62. The van der Waals surface area contributed by atoms with Crippen LogP contribution in [-0.4, -0.2) is 58.3 Å². The van der Waals surface area contributed by atoms with Crippen molar-refractivity contribution >= 4 is 35.6 Å². The molecule has 0 aliphatic carbocycles. The number of amides is 2. The minimum Gasteiger partial charge on any atom is -0.342 e. The minimum atomic E-state index is -0.169. The zero-order valence-corrected chi connectivity index (χ0v) is 13.6. The third-order valence-corrected chi connectivity index (χ3v) is 3.94. The van der Waals surface area contributed by atoms with Gasteiger partial charge in [0.15, 0.2) is 0 Å². The molecule has 0 bridgehead atoms. The zero-order valence-electron chi connectivity index (χ0n) is 12.9. The van der Waals surface area contributed by atoms with Crippen LogP contribution in [0, 0.1) is 0 Å². The van der Waals surface area contributed by atoms with E-state index in [1.807, 2.05) is 12.1 Å². The summed E-state index contributed by atoms with van der Waals surface area (Å²) in [7, 11) is 0. The number of nitrogens with zero attached hydrogens (tertiary/aromatic N) is 4. The quantitative estimate of drug-likeness (QED) is 0.855. The predicted octanol–water partition coefficient (Wildman–Crippen LogP) is 1.79. The molecule has 1 N–H and O–H groups in total. The number of carbonyl (C=O) groups is 2. The van der Waals surface area contributed by atoms with Gasteiger partial charge in [0, 0.05) is 43.1 Å². The van der Waals surface area contributed by atoms with Crippen molar-refractivity contribution in [2.45, 2.75) is 0 Å². The summed E-state index contributed by atoms with van der Waals surface area (Å²) in [6.07, 6.45) is 2.34. The van der Waals surface area contributed by atoms with Gasteiger partial charge in [-0.3, -0.25) is 9.59 Å². The molecule has 8 heteroatoms. The molecule has 2 amide bonds. The number of aromatic nitrogens is 2. The van der Waals surface area contributed by atoms with E-state index in [-0.39, 0.29) is 5.91 Å². The van der Waals surface area contributed by atoms with Crippen LogP contribution in [0.25, 0.3) is 0 Å². The third-order valence-electron chi connectivity index (χ3n) is 3.71. The van der Waals surface area contributed by atoms with Crippen molar-refractivity contribution in [1.29, 1.82) is 0 Å². The van der Waals surface area contributed by atoms with Crippen LogP contribution in [0.4, 0.5) is 11.6 Å². The summed E-state index contributed by atoms with van der Waals surface area (Å²) in [6.45, 7) is 2.07. The second-order valence-electron chi connectivity index (χ2n) is 5.33. The predicted molar refractivity (Wildman–Crippen MR) is 90.3 cm³/mol. The molecular formula is C16H16ClN5O2. The Morgan fingerprint density at radius 2 is 2.00 bits per heavy atom. The standard InChI is InChI=1S/C16H16ClN5O2/c17-12-2-1-3-13(10-12)19-16-18-5-4-14(20-16)15(24)22-8-6-21(11-23)7-9-22/h1-5,10-11H,6-9H2,(H,18,19,20). The summed E-state index contributed by atoms with van der Waals surface area (Å²) in [4.78, 5) is 35.0. The van der Waals surface area contributed by atoms with Gasteiger partial charge in [-0.25, -0.2) is 9.97 Å². The van der Waals surface area contributed by atoms with E-state index in [4.69, 9.17) is 11.6 Å². The highest BCUT2D eigenvalue weighted by atomic mass is 35.5. The Morgan fingerprint density at radius 3 is 2.71 bits per heavy atom. The first-order chi connectivity index (χ1) is 11.7. The first-order valence-corrected chi connectivity index (χ1v) is 7.88. The van der Waals surface area contributed by atoms with E-state index in [0.29, 0.717) is 42.8 Å². The SMILES string of the molecule is O=CN1CCN(C(=O)c2ccnc(Nc3cccc(Cl)c3)n2)CC1. The van der Waals surface area contributed by atoms with E-state index >= 15 is 0 Å². The fourth-order valence-electron chi connectivity index (χ4n) is 2.43. The zero-order chi connectivity index (χ0) is 16.9. The monoisotopic (exact) mass is 345 g/mol. The molecule has 2 heterocycles. The van der Waals surface area contributed by atoms with Crippen LogP contribution in [0.1, 0.15) is 10.5 Å². The van der Waals surface area contributed by atoms with E-state index in [1.54, 1.807) is 28.0 Å². The lowest BCUT2D eigenvalue weighted by Crippen LogP contribution is -2.48. The number of anilines is 2. The summed E-state index contributed by atoms with van der Waals surface area (Å²) < 4.78 is 0. The lowest BCUT2D eigenvalue weighted by molar-refractivity contribution is -0.119. The fraction of sp³-hybridized carbons (Fsp3) is 0.250. The molecule has 2 aromatic rings. The van der Waals surface area contributed by atoms with E-state index in [9.17, 15) is 9.59 Å². The fourth-order valence-corrected chi connectivity index (χ4v) is 2.62. The van der Waals surface area contributed by atoms with Gasteiger partial charge in [0.05, 0.1) is 0 Å². The Bertz CT molecular complexity index is 747. The molecule has 0 unspecified atom stereocenters. The molecule has 0 saturated carbocycles. The molecule has 0 atom stereocenters. The average Bonchev–Trinajstić information content (AvgIpc) is 2.61. The lowest BCUT2D eigenvalue weighted by atomic mass is 10.3. The van der Waals surface area contributed by atoms with Crippen LogP contribution in [0.2, 0.25) is 5.02 Å². The molecule has 0 radical (unpaired) electrons. The van der Waals surface area contributed by atoms with Crippen LogP contribution in [0.5, 0.6) is 0 Å². The molecule has 7 nitrogen and oxygen atoms in total. The summed E-state index contributed by atoms with van der Waals surface area (Å²) in [5.74, 6) is 0.159. The largest absolute Gasteiger partial charge is 0.342 e. The van der Waals surface area contributed by atoms with Gasteiger partial charge < -0.3 is 15.1 Å². The van der Waals surface area contributed by atoms with E-state index in [1.165, 1.54) is 6.20 Å². The van der Waals surface area contributed by atoms with Crippen molar-refractivity contribution in [2.24, 2.45) is 0 Å². The number of hydrogen-bond donors (Lipinski definition) is 1. The molecule has 1 aliphatic rings. The number of carbonyl (C=O) groups excluding carboxylic acids is 2. The number of piperazine rings is 1. The second-order valence-corrected chi connectivity index (χ2v) is 5.77. The number of nitrogens with one attached hydrogen (secondary N) is 1. The third kappa shape index (κ3) is 3.80. The van der Waals surface area contributed by atoms with Crippen LogP contribution in [0.3, 0.4) is 0 Å². The second kappa shape index (κ2) is 7.27. The summed E-state index contributed by atoms with van der Waals surface area (Å²) in [5.41, 5.74) is 1.06. The maximum atomic E-state index is 12.5. The maximum absolute atomic E-state index is 12.5. The Balaban J connectivity index is 1.71. The average molecular weight is 346 g/mol. The van der Waals surface area contributed by atoms with Gasteiger partial charge in [0.25, 0.3) is 5.91 Å². The molecule has 24 heavy (non-hydrogen) atoms. The summed E-state index contributed by atoms with van der Waals surface area (Å²) in [6, 6.07) is 8.75. The van der Waals surface area contributed by atoms with Crippen molar-refractivity contribution in [3.63, 3.8) is 0 Å². The van der Waals surface area contributed by atoms with Gasteiger partial charge in [-0.15, -0.1) is 0 Å². The smallest absolute Gasteiger partial charge is 0.272 e. The molecule has 1 saturated heterocycles. The molecule has 1 aliphatic heterocycles. The van der Waals surface area contributed by atoms with Crippen LogP contribution >= 0.6 is 11.6 Å². The van der Waals surface area contributed by atoms with Crippen LogP contribution in [-0.2, 0) is 4.79 Å². The highest BCUT2D eigenvalue weighted by Gasteiger charge is 2.22. The van der Waals surface area contributed by atoms with Crippen molar-refractivity contribution in [1.82, 2.24) is 19.8 Å². The molecule has 1 fully saturated rings. The van der Waals surface area contributed by atoms with E-state index in [0.717, 1.165) is 12.1 Å². The molecule has 3 rings (SSSR count). The molecule has 1 aromatic heterocycles. The number of benzene rings is 1. The van der Waals surface area contributed by atoms with Gasteiger partial charge in [-0.05, 0) is 24.3 Å². The van der Waals surface area contributed by atoms with Crippen LogP contribution in [0.15, 0.2) is 36.5 Å². The highest BCUT2D eigenvalue weighted by molar-refractivity contribution is 6.30. The van der Waals surface area contributed by atoms with Crippen LogP contribution < -0.4 is 5.32 Å². The highest BCUT2D eigenvalue weighted by Crippen LogP contribution is 2.18. The maximum Gasteiger partial charge on any atom is 0.272 e. The first-order valence-electron chi connectivity index (χ1n) is 7.50. The number of rotatable bonds is 4. The molecule has 124 valence electrons. The number of halogens is 1. The number of hydrogen-bond acceptors (Lipinski definition) is 5. The normalized spacial score (nSPS) is 14.4. The first kappa shape index (κ1) is 16.2. The Morgan fingerprint density at radius 1 is 1.21 bits per heavy atom. The molecule has 0 spiro atoms. The van der Waals surface area contributed by atoms with Gasteiger partial charge in [0.1, 0.15) is 5.69 Å². The molecular weight excluding hydrogens is 330 g/mol. The topological polar surface area (TPSA) is 78.4 Å². The van der Waals surface area contributed by atoms with Gasteiger partial charge in [-0.2, -0.15) is 0 Å². The van der Waals surface area contributed by atoms with Gasteiger partial charge in [-0.1, -0.05) is 17.7 Å². The minimum absolute atomic E-state index is 0.169. The summed E-state index contributed by atoms with van der Waals surface area (Å²) >= 11 is 5.95. The van der Waals surface area contributed by atoms with Crippen molar-refractivity contribution in [3.8, 4) is 0 Å². The van der Waals surface area contributed by atoms with E-state index in [2.05, 4.69) is 15.3 Å². The van der Waals surface area contributed by atoms with Crippen molar-refractivity contribution in [3.05, 3.63) is 47.2 Å². The molecule has 1 aromatic carbocycles. The lowest BCUT2D eigenvalue weighted by Gasteiger charge is -2.32. The Kier molecular flexibility index (Phi) is 4.90. The van der Waals surface area contributed by atoms with Crippen molar-refractivity contribution in [2.75, 3.05) is 31.5 Å². The van der Waals surface area contributed by atoms with E-state index < -0.39 is 0 Å². The Hall–Kier alpha value is -2.67. The van der Waals surface area contributed by atoms with Gasteiger partial charge >= 0.3 is 0 Å². The van der Waals surface area contributed by atoms with Gasteiger partial charge in [0.2, 0.25) is 12.4 Å².